The highest BCUT2D eigenvalue weighted by Gasteiger charge is 2.28. The maximum absolute atomic E-state index is 12.0. The molecular weight excluding hydrogens is 470 g/mol. The van der Waals surface area contributed by atoms with Crippen LogP contribution in [-0.4, -0.2) is 37.0 Å². The van der Waals surface area contributed by atoms with Crippen LogP contribution in [-0.2, 0) is 17.9 Å². The zero-order valence-corrected chi connectivity index (χ0v) is 21.1. The molecule has 1 saturated carbocycles. The molecular formula is C27H29N7O3. The minimum Gasteiger partial charge on any atom is -0.485 e. The van der Waals surface area contributed by atoms with Crippen molar-refractivity contribution in [1.82, 2.24) is 24.8 Å². The Morgan fingerprint density at radius 3 is 2.65 bits per heavy atom. The van der Waals surface area contributed by atoms with Gasteiger partial charge in [-0.15, -0.1) is 5.10 Å². The topological polar surface area (TPSA) is 120 Å². The second-order valence-corrected chi connectivity index (χ2v) is 9.33. The number of carbonyl (C=O) groups is 1. The first-order valence-electron chi connectivity index (χ1n) is 12.5. The van der Waals surface area contributed by atoms with Crippen LogP contribution in [0, 0.1) is 11.3 Å². The van der Waals surface area contributed by atoms with Crippen molar-refractivity contribution in [3.63, 3.8) is 0 Å². The Morgan fingerprint density at radius 1 is 1.22 bits per heavy atom. The second kappa shape index (κ2) is 10.3. The number of hydrogen-bond donors (Lipinski definition) is 1. The third-order valence-corrected chi connectivity index (χ3v) is 6.55. The van der Waals surface area contributed by atoms with E-state index in [1.165, 1.54) is 0 Å². The summed E-state index contributed by atoms with van der Waals surface area (Å²) in [6, 6.07) is 16.1. The van der Waals surface area contributed by atoms with Crippen LogP contribution in [0.2, 0.25) is 0 Å². The molecule has 190 valence electrons. The van der Waals surface area contributed by atoms with Gasteiger partial charge in [0, 0.05) is 29.7 Å². The summed E-state index contributed by atoms with van der Waals surface area (Å²) >= 11 is 0. The molecule has 1 amide bonds. The third-order valence-electron chi connectivity index (χ3n) is 6.55. The average molecular weight is 500 g/mol. The lowest BCUT2D eigenvalue weighted by atomic mass is 9.92. The van der Waals surface area contributed by atoms with Crippen LogP contribution in [0.3, 0.4) is 0 Å². The number of amides is 1. The fourth-order valence-electron chi connectivity index (χ4n) is 4.59. The van der Waals surface area contributed by atoms with E-state index in [9.17, 15) is 10.1 Å². The van der Waals surface area contributed by atoms with Gasteiger partial charge in [-0.2, -0.15) is 5.26 Å². The first kappa shape index (κ1) is 24.3. The fraction of sp³-hybridized carbons (Fsp3) is 0.370. The van der Waals surface area contributed by atoms with Crippen LogP contribution in [0.25, 0.3) is 22.2 Å². The minimum absolute atomic E-state index is 0.203. The summed E-state index contributed by atoms with van der Waals surface area (Å²) in [4.78, 5) is 12.0. The quantitative estimate of drug-likeness (QED) is 0.342. The minimum atomic E-state index is -0.496. The number of fused-ring (bicyclic) bond motifs is 1. The van der Waals surface area contributed by atoms with Gasteiger partial charge in [0.2, 0.25) is 0 Å². The molecule has 37 heavy (non-hydrogen) atoms. The Morgan fingerprint density at radius 2 is 2.00 bits per heavy atom. The predicted octanol–water partition coefficient (Wildman–Crippen LogP) is 5.45. The van der Waals surface area contributed by atoms with E-state index >= 15 is 0 Å². The Kier molecular flexibility index (Phi) is 6.77. The van der Waals surface area contributed by atoms with Gasteiger partial charge in [0.05, 0.1) is 22.9 Å². The molecule has 1 aliphatic carbocycles. The lowest BCUT2D eigenvalue weighted by Gasteiger charge is -2.30. The maximum Gasteiger partial charge on any atom is 0.411 e. The molecule has 0 unspecified atom stereocenters. The Balaban J connectivity index is 1.50. The smallest absolute Gasteiger partial charge is 0.411 e. The highest BCUT2D eigenvalue weighted by Crippen LogP contribution is 2.43. The summed E-state index contributed by atoms with van der Waals surface area (Å²) in [6.45, 7) is 6.49. The summed E-state index contributed by atoms with van der Waals surface area (Å²) in [6.07, 6.45) is 2.57. The lowest BCUT2D eigenvalue weighted by Crippen LogP contribution is -2.18. The molecule has 1 aliphatic rings. The molecule has 2 heterocycles. The van der Waals surface area contributed by atoms with E-state index in [1.54, 1.807) is 18.5 Å². The molecule has 2 aromatic heterocycles. The van der Waals surface area contributed by atoms with Crippen molar-refractivity contribution in [1.29, 1.82) is 5.26 Å². The van der Waals surface area contributed by atoms with E-state index in [4.69, 9.17) is 9.47 Å². The summed E-state index contributed by atoms with van der Waals surface area (Å²) in [7, 11) is 0. The van der Waals surface area contributed by atoms with Crippen LogP contribution < -0.4 is 10.1 Å². The highest BCUT2D eigenvalue weighted by atomic mass is 16.6. The number of nitrogens with one attached hydrogen (secondary N) is 1. The summed E-state index contributed by atoms with van der Waals surface area (Å²) in [5.74, 6) is 1.34. The van der Waals surface area contributed by atoms with Crippen molar-refractivity contribution in [2.75, 3.05) is 5.32 Å². The number of tetrazole rings is 1. The number of rotatable bonds is 8. The maximum atomic E-state index is 12.0. The van der Waals surface area contributed by atoms with E-state index in [-0.39, 0.29) is 12.7 Å². The van der Waals surface area contributed by atoms with Crippen molar-refractivity contribution in [2.45, 2.75) is 65.3 Å². The summed E-state index contributed by atoms with van der Waals surface area (Å²) in [5.41, 5.74) is 4.01. The largest absolute Gasteiger partial charge is 0.485 e. The van der Waals surface area contributed by atoms with Crippen molar-refractivity contribution in [3.05, 3.63) is 53.9 Å². The van der Waals surface area contributed by atoms with Gasteiger partial charge in [0.1, 0.15) is 18.4 Å². The van der Waals surface area contributed by atoms with Crippen LogP contribution >= 0.6 is 0 Å². The average Bonchev–Trinajstić information content (AvgIpc) is 3.43. The van der Waals surface area contributed by atoms with Gasteiger partial charge >= 0.3 is 6.09 Å². The highest BCUT2D eigenvalue weighted by molar-refractivity contribution is 5.96. The number of nitrogens with zero attached hydrogens (tertiary/aromatic N) is 6. The van der Waals surface area contributed by atoms with Crippen molar-refractivity contribution in [3.8, 4) is 23.1 Å². The zero-order chi connectivity index (χ0) is 25.9. The Bertz CT molecular complexity index is 1460. The lowest BCUT2D eigenvalue weighted by molar-refractivity contribution is 0.130. The number of hydrogen-bond acceptors (Lipinski definition) is 7. The predicted molar refractivity (Wildman–Crippen MR) is 138 cm³/mol. The number of anilines is 1. The number of nitriles is 1. The second-order valence-electron chi connectivity index (χ2n) is 9.33. The molecule has 1 fully saturated rings. The van der Waals surface area contributed by atoms with Crippen LogP contribution in [0.15, 0.2) is 42.5 Å². The van der Waals surface area contributed by atoms with Gasteiger partial charge in [0.15, 0.2) is 5.82 Å². The molecule has 0 aliphatic heterocycles. The molecule has 0 saturated heterocycles. The van der Waals surface area contributed by atoms with Gasteiger partial charge in [0.25, 0.3) is 0 Å². The normalized spacial score (nSPS) is 13.4. The van der Waals surface area contributed by atoms with Crippen LogP contribution in [0.5, 0.6) is 5.75 Å². The van der Waals surface area contributed by atoms with E-state index in [2.05, 4.69) is 31.5 Å². The number of ether oxygens (including phenoxy) is 2. The van der Waals surface area contributed by atoms with E-state index in [1.807, 2.05) is 49.4 Å². The first-order chi connectivity index (χ1) is 18.0. The first-order valence-corrected chi connectivity index (χ1v) is 12.5. The molecule has 10 nitrogen and oxygen atoms in total. The van der Waals surface area contributed by atoms with E-state index in [0.29, 0.717) is 35.4 Å². The molecule has 0 atom stereocenters. The number of aryl methyl sites for hydroxylation is 1. The van der Waals surface area contributed by atoms with Gasteiger partial charge in [-0.3, -0.25) is 5.32 Å². The Labute approximate surface area is 214 Å². The third kappa shape index (κ3) is 4.85. The standard InChI is InChI=1S/C27H29N7O3/c1-4-33-25(30-31-32-33)16-36-21-12-13-22-23(15-28)26(34(24(22)14-21)20-6-5-7-20)18-8-10-19(11-9-18)29-27(35)37-17(2)3/h8-14,17,20H,4-7,16H2,1-3H3,(H,29,35). The molecule has 0 radical (unpaired) electrons. The zero-order valence-electron chi connectivity index (χ0n) is 21.1. The molecule has 0 spiro atoms. The molecule has 2 aromatic carbocycles. The fourth-order valence-corrected chi connectivity index (χ4v) is 4.59. The monoisotopic (exact) mass is 499 g/mol. The van der Waals surface area contributed by atoms with Crippen LogP contribution in [0.4, 0.5) is 10.5 Å². The summed E-state index contributed by atoms with van der Waals surface area (Å²) in [5, 5.41) is 25.5. The van der Waals surface area contributed by atoms with Crippen molar-refractivity contribution < 1.29 is 14.3 Å². The van der Waals surface area contributed by atoms with Gasteiger partial charge < -0.3 is 14.0 Å². The van der Waals surface area contributed by atoms with E-state index in [0.717, 1.165) is 41.4 Å². The molecule has 1 N–H and O–H groups in total. The van der Waals surface area contributed by atoms with Crippen molar-refractivity contribution >= 4 is 22.7 Å². The van der Waals surface area contributed by atoms with Crippen molar-refractivity contribution in [2.24, 2.45) is 0 Å². The summed E-state index contributed by atoms with van der Waals surface area (Å²) < 4.78 is 15.2. The molecule has 4 aromatic rings. The van der Waals surface area contributed by atoms with Gasteiger partial charge in [-0.1, -0.05) is 12.1 Å². The van der Waals surface area contributed by atoms with E-state index < -0.39 is 6.09 Å². The molecule has 10 heteroatoms. The molecule has 0 bridgehead atoms. The number of aromatic nitrogens is 5. The number of benzene rings is 2. The molecule has 5 rings (SSSR count). The number of carbonyl (C=O) groups excluding carboxylic acids is 1. The SMILES string of the molecule is CCn1nnnc1COc1ccc2c(C#N)c(-c3ccc(NC(=O)OC(C)C)cc3)n(C3CCC3)c2c1. The van der Waals surface area contributed by atoms with Gasteiger partial charge in [-0.25, -0.2) is 9.48 Å². The Hall–Kier alpha value is -4.39. The van der Waals surface area contributed by atoms with Crippen LogP contribution in [0.1, 0.15) is 57.5 Å². The van der Waals surface area contributed by atoms with Gasteiger partial charge in [-0.05, 0) is 80.3 Å².